The molecule has 0 bridgehead atoms. The second-order valence-electron chi connectivity index (χ2n) is 3.25. The van der Waals surface area contributed by atoms with Crippen molar-refractivity contribution < 1.29 is 0 Å². The molecule has 74 valence electrons. The molecule has 0 fully saturated rings. The van der Waals surface area contributed by atoms with Crippen LogP contribution in [0.3, 0.4) is 0 Å². The van der Waals surface area contributed by atoms with Gasteiger partial charge in [-0.05, 0) is 18.2 Å². The van der Waals surface area contributed by atoms with Gasteiger partial charge in [-0.2, -0.15) is 0 Å². The quantitative estimate of drug-likeness (QED) is 0.708. The number of hydrogen-bond acceptors (Lipinski definition) is 2. The molecule has 1 heterocycles. The lowest BCUT2D eigenvalue weighted by Gasteiger charge is -1.96. The fourth-order valence-corrected chi connectivity index (χ4v) is 1.38. The summed E-state index contributed by atoms with van der Waals surface area (Å²) in [5.74, 6) is 6.08. The largest absolute Gasteiger partial charge is 0.330 e. The zero-order valence-electron chi connectivity index (χ0n) is 8.40. The van der Waals surface area contributed by atoms with Crippen LogP contribution < -0.4 is 5.73 Å². The van der Waals surface area contributed by atoms with E-state index in [1.807, 2.05) is 30.3 Å². The van der Waals surface area contributed by atoms with E-state index < -0.39 is 0 Å². The second kappa shape index (κ2) is 4.59. The maximum atomic E-state index is 5.37. The van der Waals surface area contributed by atoms with Gasteiger partial charge in [0.2, 0.25) is 0 Å². The molecule has 1 aromatic heterocycles. The van der Waals surface area contributed by atoms with Crippen LogP contribution in [0.4, 0.5) is 0 Å². The van der Waals surface area contributed by atoms with E-state index in [0.717, 1.165) is 22.9 Å². The van der Waals surface area contributed by atoms with Gasteiger partial charge >= 0.3 is 0 Å². The van der Waals surface area contributed by atoms with Crippen molar-refractivity contribution in [2.75, 3.05) is 6.54 Å². The van der Waals surface area contributed by atoms with Crippen LogP contribution >= 0.6 is 0 Å². The van der Waals surface area contributed by atoms with E-state index in [2.05, 4.69) is 16.8 Å². The van der Waals surface area contributed by atoms with Gasteiger partial charge in [0.15, 0.2) is 0 Å². The smallest absolute Gasteiger partial charge is 0.0714 e. The Morgan fingerprint density at radius 3 is 3.07 bits per heavy atom. The van der Waals surface area contributed by atoms with Crippen molar-refractivity contribution >= 4 is 10.9 Å². The van der Waals surface area contributed by atoms with Crippen molar-refractivity contribution in [2.24, 2.45) is 5.73 Å². The van der Waals surface area contributed by atoms with Crippen LogP contribution in [-0.4, -0.2) is 11.5 Å². The lowest BCUT2D eigenvalue weighted by molar-refractivity contribution is 1.03. The highest BCUT2D eigenvalue weighted by molar-refractivity contribution is 5.79. The van der Waals surface area contributed by atoms with Gasteiger partial charge in [0, 0.05) is 30.1 Å². The summed E-state index contributed by atoms with van der Waals surface area (Å²) in [6, 6.07) is 10.0. The highest BCUT2D eigenvalue weighted by Crippen LogP contribution is 2.12. The number of benzene rings is 1. The molecule has 0 spiro atoms. The van der Waals surface area contributed by atoms with Gasteiger partial charge in [-0.25, -0.2) is 0 Å². The highest BCUT2D eigenvalue weighted by atomic mass is 14.6. The minimum absolute atomic E-state index is 0.610. The van der Waals surface area contributed by atoms with Crippen LogP contribution in [0.5, 0.6) is 0 Å². The third-order valence-corrected chi connectivity index (χ3v) is 2.11. The Hall–Kier alpha value is -1.85. The van der Waals surface area contributed by atoms with Crippen molar-refractivity contribution in [1.29, 1.82) is 0 Å². The Labute approximate surface area is 89.1 Å². The maximum absolute atomic E-state index is 5.37. The van der Waals surface area contributed by atoms with Gasteiger partial charge in [0.05, 0.1) is 5.52 Å². The molecule has 2 rings (SSSR count). The van der Waals surface area contributed by atoms with E-state index in [9.17, 15) is 0 Å². The van der Waals surface area contributed by atoms with Crippen LogP contribution in [-0.2, 0) is 0 Å². The average Bonchev–Trinajstić information content (AvgIpc) is 2.29. The predicted octanol–water partition coefficient (Wildman–Crippen LogP) is 1.94. The number of nitrogens with two attached hydrogens (primary N) is 1. The van der Waals surface area contributed by atoms with Gasteiger partial charge in [0.1, 0.15) is 0 Å². The van der Waals surface area contributed by atoms with Crippen LogP contribution in [0.15, 0.2) is 36.5 Å². The van der Waals surface area contributed by atoms with E-state index in [1.165, 1.54) is 0 Å². The lowest BCUT2D eigenvalue weighted by atomic mass is 10.1. The Bertz CT molecular complexity index is 521. The first-order valence-electron chi connectivity index (χ1n) is 4.94. The van der Waals surface area contributed by atoms with Crippen LogP contribution in [0.2, 0.25) is 0 Å². The number of nitrogens with zero attached hydrogens (tertiary/aromatic N) is 1. The summed E-state index contributed by atoms with van der Waals surface area (Å²) in [6.07, 6.45) is 2.53. The molecule has 0 aliphatic carbocycles. The van der Waals surface area contributed by atoms with E-state index in [-0.39, 0.29) is 0 Å². The monoisotopic (exact) mass is 196 g/mol. The maximum Gasteiger partial charge on any atom is 0.0714 e. The first kappa shape index (κ1) is 9.70. The Morgan fingerprint density at radius 1 is 1.27 bits per heavy atom. The minimum Gasteiger partial charge on any atom is -0.330 e. The van der Waals surface area contributed by atoms with Gasteiger partial charge in [-0.15, -0.1) is 0 Å². The van der Waals surface area contributed by atoms with E-state index in [1.54, 1.807) is 6.20 Å². The Morgan fingerprint density at radius 2 is 2.20 bits per heavy atom. The second-order valence-corrected chi connectivity index (χ2v) is 3.25. The summed E-state index contributed by atoms with van der Waals surface area (Å²) in [7, 11) is 0. The number of aromatic nitrogens is 1. The van der Waals surface area contributed by atoms with Gasteiger partial charge in [-0.3, -0.25) is 4.98 Å². The number of hydrogen-bond donors (Lipinski definition) is 1. The molecule has 0 radical (unpaired) electrons. The van der Waals surface area contributed by atoms with Gasteiger partial charge in [0.25, 0.3) is 0 Å². The zero-order valence-corrected chi connectivity index (χ0v) is 8.40. The summed E-state index contributed by atoms with van der Waals surface area (Å²) in [5.41, 5.74) is 7.35. The lowest BCUT2D eigenvalue weighted by Crippen LogP contribution is -1.95. The molecule has 0 unspecified atom stereocenters. The number of rotatable bonds is 1. The van der Waals surface area contributed by atoms with Gasteiger partial charge in [-0.1, -0.05) is 24.0 Å². The minimum atomic E-state index is 0.610. The van der Waals surface area contributed by atoms with E-state index in [0.29, 0.717) is 6.54 Å². The summed E-state index contributed by atoms with van der Waals surface area (Å²) < 4.78 is 0. The molecule has 0 aliphatic rings. The molecule has 1 aromatic carbocycles. The molecule has 15 heavy (non-hydrogen) atoms. The Kier molecular flexibility index (Phi) is 2.96. The molecule has 2 heteroatoms. The van der Waals surface area contributed by atoms with Crippen molar-refractivity contribution in [1.82, 2.24) is 4.98 Å². The van der Waals surface area contributed by atoms with E-state index >= 15 is 0 Å². The van der Waals surface area contributed by atoms with Crippen molar-refractivity contribution in [2.45, 2.75) is 6.42 Å². The average molecular weight is 196 g/mol. The summed E-state index contributed by atoms with van der Waals surface area (Å²) in [4.78, 5) is 4.28. The molecule has 2 nitrogen and oxygen atoms in total. The zero-order chi connectivity index (χ0) is 10.5. The Balaban J connectivity index is 2.36. The summed E-state index contributed by atoms with van der Waals surface area (Å²) >= 11 is 0. The molecule has 0 saturated carbocycles. The molecule has 2 aromatic rings. The fourth-order valence-electron chi connectivity index (χ4n) is 1.38. The first-order chi connectivity index (χ1) is 7.40. The molecule has 2 N–H and O–H groups in total. The summed E-state index contributed by atoms with van der Waals surface area (Å²) in [5, 5.41) is 1.14. The van der Waals surface area contributed by atoms with Crippen LogP contribution in [0.1, 0.15) is 12.0 Å². The number of pyridine rings is 1. The van der Waals surface area contributed by atoms with Crippen LogP contribution in [0, 0.1) is 11.8 Å². The molecule has 0 saturated heterocycles. The highest BCUT2D eigenvalue weighted by Gasteiger charge is 1.93. The fraction of sp³-hybridized carbons (Fsp3) is 0.154. The molecule has 0 atom stereocenters. The van der Waals surface area contributed by atoms with E-state index in [4.69, 9.17) is 5.73 Å². The molecule has 0 amide bonds. The number of fused-ring (bicyclic) bond motifs is 1. The predicted molar refractivity (Wildman–Crippen MR) is 62.3 cm³/mol. The molecular weight excluding hydrogens is 184 g/mol. The molecule has 0 aliphatic heterocycles. The van der Waals surface area contributed by atoms with Crippen molar-refractivity contribution in [3.8, 4) is 11.8 Å². The topological polar surface area (TPSA) is 38.9 Å². The normalized spacial score (nSPS) is 9.67. The SMILES string of the molecule is NCCC#Cc1ccc2cccnc2c1. The third kappa shape index (κ3) is 2.34. The third-order valence-electron chi connectivity index (χ3n) is 2.11. The standard InChI is InChI=1S/C13H12N2/c14-8-2-1-4-11-6-7-12-5-3-9-15-13(12)10-11/h3,5-7,9-10H,2,8,14H2. The summed E-state index contributed by atoms with van der Waals surface area (Å²) in [6.45, 7) is 0.610. The van der Waals surface area contributed by atoms with Gasteiger partial charge < -0.3 is 5.73 Å². The van der Waals surface area contributed by atoms with Crippen molar-refractivity contribution in [3.63, 3.8) is 0 Å². The molecular formula is C13H12N2. The van der Waals surface area contributed by atoms with Crippen LogP contribution in [0.25, 0.3) is 10.9 Å². The first-order valence-corrected chi connectivity index (χ1v) is 4.94. The van der Waals surface area contributed by atoms with Crippen molar-refractivity contribution in [3.05, 3.63) is 42.1 Å².